The molecule has 1 aliphatic heterocycles. The lowest BCUT2D eigenvalue weighted by molar-refractivity contribution is 0.178. The monoisotopic (exact) mass is 330 g/mol. The predicted octanol–water partition coefficient (Wildman–Crippen LogP) is 1.35. The average Bonchev–Trinajstić information content (AvgIpc) is 2.97. The lowest BCUT2D eigenvalue weighted by Gasteiger charge is -2.15. The highest BCUT2D eigenvalue weighted by atomic mass is 16.5. The van der Waals surface area contributed by atoms with E-state index in [0.717, 1.165) is 37.1 Å². The van der Waals surface area contributed by atoms with Gasteiger partial charge in [-0.2, -0.15) is 10.2 Å². The molecule has 2 atom stereocenters. The van der Waals surface area contributed by atoms with E-state index in [4.69, 9.17) is 4.74 Å². The average molecular weight is 330 g/mol. The van der Waals surface area contributed by atoms with Crippen LogP contribution in [0.25, 0.3) is 0 Å². The van der Waals surface area contributed by atoms with Crippen molar-refractivity contribution in [3.8, 4) is 0 Å². The smallest absolute Gasteiger partial charge is 0.155 e. The number of rotatable bonds is 7. The SMILES string of the molecule is COCc1nc([C@H]2CN(CCc3ccnn3C)C[C@@H]2C2CC2)n[nH]1. The normalized spacial score (nSPS) is 24.8. The molecule has 0 spiro atoms. The fourth-order valence-electron chi connectivity index (χ4n) is 3.97. The summed E-state index contributed by atoms with van der Waals surface area (Å²) < 4.78 is 7.12. The Labute approximate surface area is 142 Å². The molecule has 1 N–H and O–H groups in total. The van der Waals surface area contributed by atoms with Crippen molar-refractivity contribution in [1.29, 1.82) is 0 Å². The van der Waals surface area contributed by atoms with Crippen molar-refractivity contribution in [3.05, 3.63) is 29.6 Å². The molecule has 2 aliphatic rings. The number of hydrogen-bond donors (Lipinski definition) is 1. The minimum atomic E-state index is 0.450. The van der Waals surface area contributed by atoms with Gasteiger partial charge in [-0.25, -0.2) is 4.98 Å². The highest BCUT2D eigenvalue weighted by Crippen LogP contribution is 2.46. The number of likely N-dealkylation sites (tertiary alicyclic amines) is 1. The van der Waals surface area contributed by atoms with Crippen LogP contribution in [-0.2, 0) is 24.8 Å². The summed E-state index contributed by atoms with van der Waals surface area (Å²) in [6.45, 7) is 3.80. The fraction of sp³-hybridized carbons (Fsp3) is 0.706. The third-order valence-corrected chi connectivity index (χ3v) is 5.44. The van der Waals surface area contributed by atoms with E-state index < -0.39 is 0 Å². The first-order valence-electron chi connectivity index (χ1n) is 8.84. The molecular formula is C17H26N6O. The molecular weight excluding hydrogens is 304 g/mol. The molecule has 3 heterocycles. The van der Waals surface area contributed by atoms with E-state index in [1.807, 2.05) is 17.9 Å². The summed E-state index contributed by atoms with van der Waals surface area (Å²) in [4.78, 5) is 7.24. The first-order valence-corrected chi connectivity index (χ1v) is 8.84. The molecule has 0 unspecified atom stereocenters. The number of ether oxygens (including phenoxy) is 1. The largest absolute Gasteiger partial charge is 0.377 e. The van der Waals surface area contributed by atoms with E-state index in [9.17, 15) is 0 Å². The van der Waals surface area contributed by atoms with Crippen molar-refractivity contribution in [1.82, 2.24) is 29.9 Å². The van der Waals surface area contributed by atoms with Gasteiger partial charge in [0, 0.05) is 58.0 Å². The van der Waals surface area contributed by atoms with Gasteiger partial charge in [0.1, 0.15) is 6.61 Å². The van der Waals surface area contributed by atoms with Crippen LogP contribution >= 0.6 is 0 Å². The summed E-state index contributed by atoms with van der Waals surface area (Å²) in [5.74, 6) is 3.81. The van der Waals surface area contributed by atoms with Crippen LogP contribution in [0.2, 0.25) is 0 Å². The first kappa shape index (κ1) is 15.8. The summed E-state index contributed by atoms with van der Waals surface area (Å²) >= 11 is 0. The van der Waals surface area contributed by atoms with Crippen LogP contribution in [0.5, 0.6) is 0 Å². The third-order valence-electron chi connectivity index (χ3n) is 5.44. The van der Waals surface area contributed by atoms with Gasteiger partial charge in [0.15, 0.2) is 11.6 Å². The van der Waals surface area contributed by atoms with Crippen LogP contribution in [0.3, 0.4) is 0 Å². The molecule has 2 aromatic rings. The van der Waals surface area contributed by atoms with Gasteiger partial charge in [0.2, 0.25) is 0 Å². The van der Waals surface area contributed by atoms with Crippen LogP contribution in [-0.4, -0.2) is 56.6 Å². The number of hydrogen-bond acceptors (Lipinski definition) is 5. The van der Waals surface area contributed by atoms with Crippen LogP contribution in [0, 0.1) is 11.8 Å². The molecule has 24 heavy (non-hydrogen) atoms. The van der Waals surface area contributed by atoms with Crippen LogP contribution in [0.4, 0.5) is 0 Å². The second kappa shape index (κ2) is 6.64. The molecule has 2 fully saturated rings. The van der Waals surface area contributed by atoms with E-state index in [2.05, 4.69) is 31.2 Å². The number of aromatic nitrogens is 5. The summed E-state index contributed by atoms with van der Waals surface area (Å²) in [7, 11) is 3.70. The molecule has 0 bridgehead atoms. The molecule has 0 amide bonds. The van der Waals surface area contributed by atoms with Gasteiger partial charge in [0.05, 0.1) is 0 Å². The fourth-order valence-corrected chi connectivity index (χ4v) is 3.97. The molecule has 4 rings (SSSR count). The quantitative estimate of drug-likeness (QED) is 0.830. The van der Waals surface area contributed by atoms with E-state index in [0.29, 0.717) is 18.4 Å². The summed E-state index contributed by atoms with van der Waals surface area (Å²) in [6, 6.07) is 2.11. The number of methoxy groups -OCH3 is 1. The summed E-state index contributed by atoms with van der Waals surface area (Å²) in [5, 5.41) is 11.8. The molecule has 0 aromatic carbocycles. The second-order valence-electron chi connectivity index (χ2n) is 7.14. The Morgan fingerprint density at radius 2 is 2.21 bits per heavy atom. The van der Waals surface area contributed by atoms with Gasteiger partial charge in [-0.3, -0.25) is 9.78 Å². The zero-order valence-corrected chi connectivity index (χ0v) is 14.5. The molecule has 0 radical (unpaired) electrons. The number of nitrogens with one attached hydrogen (secondary N) is 1. The Balaban J connectivity index is 1.42. The third kappa shape index (κ3) is 3.23. The van der Waals surface area contributed by atoms with E-state index in [1.165, 1.54) is 25.1 Å². The molecule has 1 saturated heterocycles. The summed E-state index contributed by atoms with van der Waals surface area (Å²) in [5.41, 5.74) is 1.29. The Morgan fingerprint density at radius 1 is 1.33 bits per heavy atom. The topological polar surface area (TPSA) is 71.9 Å². The van der Waals surface area contributed by atoms with Gasteiger partial charge in [0.25, 0.3) is 0 Å². The Kier molecular flexibility index (Phi) is 4.37. The van der Waals surface area contributed by atoms with Gasteiger partial charge < -0.3 is 9.64 Å². The van der Waals surface area contributed by atoms with Crippen molar-refractivity contribution < 1.29 is 4.74 Å². The van der Waals surface area contributed by atoms with Crippen molar-refractivity contribution in [2.75, 3.05) is 26.7 Å². The first-order chi connectivity index (χ1) is 11.7. The Bertz CT molecular complexity index is 676. The maximum absolute atomic E-state index is 5.15. The van der Waals surface area contributed by atoms with Crippen molar-refractivity contribution in [2.24, 2.45) is 18.9 Å². The molecule has 7 heteroatoms. The maximum atomic E-state index is 5.15. The lowest BCUT2D eigenvalue weighted by atomic mass is 9.91. The minimum absolute atomic E-state index is 0.450. The van der Waals surface area contributed by atoms with Gasteiger partial charge >= 0.3 is 0 Å². The number of H-pyrrole nitrogens is 1. The molecule has 130 valence electrons. The molecule has 1 saturated carbocycles. The van der Waals surface area contributed by atoms with Gasteiger partial charge in [-0.05, 0) is 30.7 Å². The standard InChI is InChI=1S/C17H26N6O/c1-22-13(5-7-18-22)6-8-23-9-14(12-3-4-12)15(10-23)17-19-16(11-24-2)20-21-17/h5,7,12,14-15H,3-4,6,8-11H2,1-2H3,(H,19,20,21)/t14-,15+/m1/s1. The van der Waals surface area contributed by atoms with E-state index >= 15 is 0 Å². The van der Waals surface area contributed by atoms with Crippen LogP contribution in [0.15, 0.2) is 12.3 Å². The van der Waals surface area contributed by atoms with Gasteiger partial charge in [-0.15, -0.1) is 0 Å². The highest BCUT2D eigenvalue weighted by molar-refractivity contribution is 5.09. The maximum Gasteiger partial charge on any atom is 0.155 e. The van der Waals surface area contributed by atoms with Crippen LogP contribution < -0.4 is 0 Å². The van der Waals surface area contributed by atoms with Crippen LogP contribution in [0.1, 0.15) is 36.1 Å². The Hall–Kier alpha value is -1.73. The summed E-state index contributed by atoms with van der Waals surface area (Å²) in [6.07, 6.45) is 5.65. The molecule has 7 nitrogen and oxygen atoms in total. The second-order valence-corrected chi connectivity index (χ2v) is 7.14. The highest BCUT2D eigenvalue weighted by Gasteiger charge is 2.44. The molecule has 1 aliphatic carbocycles. The number of aryl methyl sites for hydroxylation is 1. The zero-order chi connectivity index (χ0) is 16.5. The minimum Gasteiger partial charge on any atom is -0.377 e. The van der Waals surface area contributed by atoms with Crippen molar-refractivity contribution >= 4 is 0 Å². The van der Waals surface area contributed by atoms with Gasteiger partial charge in [-0.1, -0.05) is 0 Å². The van der Waals surface area contributed by atoms with Crippen molar-refractivity contribution in [2.45, 2.75) is 31.8 Å². The van der Waals surface area contributed by atoms with Crippen molar-refractivity contribution in [3.63, 3.8) is 0 Å². The predicted molar refractivity (Wildman–Crippen MR) is 89.4 cm³/mol. The zero-order valence-electron chi connectivity index (χ0n) is 14.5. The van der Waals surface area contributed by atoms with E-state index in [1.54, 1.807) is 7.11 Å². The molecule has 2 aromatic heterocycles. The Morgan fingerprint density at radius 3 is 2.92 bits per heavy atom. The lowest BCUT2D eigenvalue weighted by Crippen LogP contribution is -2.24. The number of aromatic amines is 1. The van der Waals surface area contributed by atoms with E-state index in [-0.39, 0.29) is 0 Å². The number of nitrogens with zero attached hydrogens (tertiary/aromatic N) is 5.